The Bertz CT molecular complexity index is 660. The van der Waals surface area contributed by atoms with E-state index >= 15 is 0 Å². The standard InChI is InChI=1S/C19H26N4O3/c24-14-15-2-4-16(5-3-15)18(26)12-17(25)13-22-8-10-23(11-9-22)19-20-6-1-7-21-19/h1-7,17-18,24-26H,8-14H2/t17-,18+/m1/s1. The fourth-order valence-electron chi connectivity index (χ4n) is 3.20. The van der Waals surface area contributed by atoms with Crippen LogP contribution < -0.4 is 4.90 Å². The Morgan fingerprint density at radius 2 is 1.62 bits per heavy atom. The van der Waals surface area contributed by atoms with Gasteiger partial charge in [-0.1, -0.05) is 24.3 Å². The van der Waals surface area contributed by atoms with Crippen LogP contribution in [0, 0.1) is 0 Å². The first-order valence-corrected chi connectivity index (χ1v) is 8.96. The van der Waals surface area contributed by atoms with Crippen molar-refractivity contribution >= 4 is 5.95 Å². The predicted octanol–water partition coefficient (Wildman–Crippen LogP) is 0.575. The third-order valence-electron chi connectivity index (χ3n) is 4.72. The van der Waals surface area contributed by atoms with Crippen LogP contribution in [0.5, 0.6) is 0 Å². The van der Waals surface area contributed by atoms with Gasteiger partial charge in [0.2, 0.25) is 5.95 Å². The summed E-state index contributed by atoms with van der Waals surface area (Å²) in [5.74, 6) is 0.745. The summed E-state index contributed by atoms with van der Waals surface area (Å²) in [6, 6.07) is 8.97. The normalized spacial score (nSPS) is 17.9. The van der Waals surface area contributed by atoms with E-state index in [2.05, 4.69) is 19.8 Å². The lowest BCUT2D eigenvalue weighted by Crippen LogP contribution is -2.49. The SMILES string of the molecule is OCc1ccc([C@@H](O)C[C@@H](O)CN2CCN(c3ncccn3)CC2)cc1. The number of nitrogens with zero attached hydrogens (tertiary/aromatic N) is 4. The zero-order valence-electron chi connectivity index (χ0n) is 14.8. The lowest BCUT2D eigenvalue weighted by molar-refractivity contribution is 0.0521. The number of aromatic nitrogens is 2. The first-order valence-electron chi connectivity index (χ1n) is 8.96. The summed E-state index contributed by atoms with van der Waals surface area (Å²) >= 11 is 0. The topological polar surface area (TPSA) is 93.0 Å². The van der Waals surface area contributed by atoms with Crippen molar-refractivity contribution in [3.8, 4) is 0 Å². The van der Waals surface area contributed by atoms with Gasteiger partial charge in [-0.2, -0.15) is 0 Å². The van der Waals surface area contributed by atoms with E-state index in [0.717, 1.165) is 43.3 Å². The first kappa shape index (κ1) is 18.7. The van der Waals surface area contributed by atoms with Gasteiger partial charge in [0.25, 0.3) is 0 Å². The molecule has 7 heteroatoms. The number of piperazine rings is 1. The molecule has 0 aliphatic carbocycles. The van der Waals surface area contributed by atoms with Crippen LogP contribution >= 0.6 is 0 Å². The zero-order chi connectivity index (χ0) is 18.4. The van der Waals surface area contributed by atoms with Crippen molar-refractivity contribution in [1.82, 2.24) is 14.9 Å². The summed E-state index contributed by atoms with van der Waals surface area (Å²) < 4.78 is 0. The Morgan fingerprint density at radius 3 is 2.23 bits per heavy atom. The fourth-order valence-corrected chi connectivity index (χ4v) is 3.20. The molecule has 2 atom stereocenters. The Hall–Kier alpha value is -2.06. The number of hydrogen-bond acceptors (Lipinski definition) is 7. The van der Waals surface area contributed by atoms with Crippen LogP contribution in [0.3, 0.4) is 0 Å². The zero-order valence-corrected chi connectivity index (χ0v) is 14.8. The summed E-state index contributed by atoms with van der Waals surface area (Å²) in [6.45, 7) is 3.82. The average Bonchev–Trinajstić information content (AvgIpc) is 2.69. The van der Waals surface area contributed by atoms with Crippen LogP contribution in [-0.4, -0.2) is 69.0 Å². The second kappa shape index (κ2) is 9.05. The van der Waals surface area contributed by atoms with E-state index in [4.69, 9.17) is 5.11 Å². The van der Waals surface area contributed by atoms with Crippen LogP contribution in [-0.2, 0) is 6.61 Å². The third kappa shape index (κ3) is 4.98. The molecule has 1 aromatic heterocycles. The Kier molecular flexibility index (Phi) is 6.51. The molecule has 1 aliphatic rings. The molecule has 3 rings (SSSR count). The molecule has 0 amide bonds. The van der Waals surface area contributed by atoms with Crippen LogP contribution in [0.1, 0.15) is 23.7 Å². The summed E-state index contributed by atoms with van der Waals surface area (Å²) in [7, 11) is 0. The van der Waals surface area contributed by atoms with Gasteiger partial charge in [0, 0.05) is 51.5 Å². The van der Waals surface area contributed by atoms with E-state index in [-0.39, 0.29) is 6.61 Å². The van der Waals surface area contributed by atoms with Crippen LogP contribution in [0.15, 0.2) is 42.7 Å². The average molecular weight is 358 g/mol. The highest BCUT2D eigenvalue weighted by Gasteiger charge is 2.22. The van der Waals surface area contributed by atoms with Gasteiger partial charge in [-0.25, -0.2) is 9.97 Å². The molecule has 140 valence electrons. The monoisotopic (exact) mass is 358 g/mol. The molecule has 0 radical (unpaired) electrons. The number of benzene rings is 1. The molecule has 1 saturated heterocycles. The highest BCUT2D eigenvalue weighted by Crippen LogP contribution is 2.20. The van der Waals surface area contributed by atoms with E-state index in [1.165, 1.54) is 0 Å². The van der Waals surface area contributed by atoms with Gasteiger partial charge in [0.1, 0.15) is 0 Å². The number of β-amino-alcohol motifs (C(OH)–C–C–N with tert-alkyl or cyclic N) is 1. The number of hydrogen-bond donors (Lipinski definition) is 3. The van der Waals surface area contributed by atoms with Crippen LogP contribution in [0.25, 0.3) is 0 Å². The quantitative estimate of drug-likeness (QED) is 0.666. The highest BCUT2D eigenvalue weighted by molar-refractivity contribution is 5.29. The van der Waals surface area contributed by atoms with Gasteiger partial charge in [-0.15, -0.1) is 0 Å². The molecule has 26 heavy (non-hydrogen) atoms. The smallest absolute Gasteiger partial charge is 0.225 e. The van der Waals surface area contributed by atoms with Crippen molar-refractivity contribution in [1.29, 1.82) is 0 Å². The van der Waals surface area contributed by atoms with Crippen molar-refractivity contribution in [2.24, 2.45) is 0 Å². The molecule has 0 bridgehead atoms. The number of anilines is 1. The molecule has 1 fully saturated rings. The van der Waals surface area contributed by atoms with Gasteiger partial charge in [-0.3, -0.25) is 4.90 Å². The highest BCUT2D eigenvalue weighted by atomic mass is 16.3. The van der Waals surface area contributed by atoms with E-state index in [0.29, 0.717) is 13.0 Å². The van der Waals surface area contributed by atoms with E-state index in [1.807, 2.05) is 0 Å². The molecule has 0 unspecified atom stereocenters. The van der Waals surface area contributed by atoms with Crippen molar-refractivity contribution in [3.05, 3.63) is 53.9 Å². The maximum atomic E-state index is 10.3. The number of rotatable bonds is 7. The minimum absolute atomic E-state index is 0.0149. The lowest BCUT2D eigenvalue weighted by atomic mass is 10.0. The number of aliphatic hydroxyl groups excluding tert-OH is 3. The third-order valence-corrected chi connectivity index (χ3v) is 4.72. The van der Waals surface area contributed by atoms with E-state index in [1.54, 1.807) is 42.7 Å². The molecule has 0 saturated carbocycles. The maximum absolute atomic E-state index is 10.3. The van der Waals surface area contributed by atoms with Crippen molar-refractivity contribution in [3.63, 3.8) is 0 Å². The Labute approximate surface area is 153 Å². The van der Waals surface area contributed by atoms with Gasteiger partial charge in [0.05, 0.1) is 18.8 Å². The molecule has 1 aromatic carbocycles. The van der Waals surface area contributed by atoms with E-state index in [9.17, 15) is 10.2 Å². The predicted molar refractivity (Wildman–Crippen MR) is 98.6 cm³/mol. The van der Waals surface area contributed by atoms with Crippen LogP contribution in [0.4, 0.5) is 5.95 Å². The summed E-state index contributed by atoms with van der Waals surface area (Å²) in [5, 5.41) is 29.7. The van der Waals surface area contributed by atoms with Gasteiger partial charge in [0.15, 0.2) is 0 Å². The van der Waals surface area contributed by atoms with E-state index < -0.39 is 12.2 Å². The van der Waals surface area contributed by atoms with Crippen molar-refractivity contribution < 1.29 is 15.3 Å². The molecule has 3 N–H and O–H groups in total. The Balaban J connectivity index is 1.44. The second-order valence-corrected chi connectivity index (χ2v) is 6.64. The minimum atomic E-state index is -0.711. The van der Waals surface area contributed by atoms with Crippen LogP contribution in [0.2, 0.25) is 0 Å². The largest absolute Gasteiger partial charge is 0.392 e. The summed E-state index contributed by atoms with van der Waals surface area (Å²) in [4.78, 5) is 12.9. The second-order valence-electron chi connectivity index (χ2n) is 6.64. The summed E-state index contributed by atoms with van der Waals surface area (Å²) in [6.07, 6.45) is 2.47. The van der Waals surface area contributed by atoms with Crippen molar-refractivity contribution in [2.75, 3.05) is 37.6 Å². The van der Waals surface area contributed by atoms with Crippen molar-refractivity contribution in [2.45, 2.75) is 25.2 Å². The lowest BCUT2D eigenvalue weighted by Gasteiger charge is -2.35. The molecular formula is C19H26N4O3. The summed E-state index contributed by atoms with van der Waals surface area (Å²) in [5.41, 5.74) is 1.56. The molecule has 7 nitrogen and oxygen atoms in total. The molecule has 2 heterocycles. The van der Waals surface area contributed by atoms with Gasteiger partial charge < -0.3 is 20.2 Å². The van der Waals surface area contributed by atoms with Gasteiger partial charge in [-0.05, 0) is 17.2 Å². The molecule has 0 spiro atoms. The fraction of sp³-hybridized carbons (Fsp3) is 0.474. The minimum Gasteiger partial charge on any atom is -0.392 e. The Morgan fingerprint density at radius 1 is 0.962 bits per heavy atom. The first-order chi connectivity index (χ1) is 12.7. The van der Waals surface area contributed by atoms with Gasteiger partial charge >= 0.3 is 0 Å². The molecular weight excluding hydrogens is 332 g/mol. The number of aliphatic hydroxyl groups is 3. The molecule has 1 aliphatic heterocycles. The maximum Gasteiger partial charge on any atom is 0.225 e. The molecule has 2 aromatic rings.